The second-order valence-electron chi connectivity index (χ2n) is 21.3. The van der Waals surface area contributed by atoms with E-state index in [9.17, 15) is 0 Å². The molecule has 3 heteroatoms. The number of aromatic nitrogens is 2. The summed E-state index contributed by atoms with van der Waals surface area (Å²) in [4.78, 5) is 5.60. The lowest BCUT2D eigenvalue weighted by Crippen LogP contribution is -2.28. The van der Waals surface area contributed by atoms with Crippen molar-refractivity contribution in [2.45, 2.75) is 5.41 Å². The smallest absolute Gasteiger partial charge is 0.156 e. The molecule has 2 nitrogen and oxygen atoms in total. The first-order valence-corrected chi connectivity index (χ1v) is 28.1. The highest BCUT2D eigenvalue weighted by atomic mass is 32.1. The van der Waals surface area contributed by atoms with E-state index in [1.165, 1.54) is 130 Å². The van der Waals surface area contributed by atoms with Crippen LogP contribution >= 0.6 is 11.3 Å². The number of rotatable bonds is 6. The number of nitrogens with zero attached hydrogens (tertiary/aromatic N) is 2. The summed E-state index contributed by atoms with van der Waals surface area (Å²) >= 11 is 1.85. The van der Waals surface area contributed by atoms with E-state index >= 15 is 0 Å². The molecule has 0 bridgehead atoms. The molecule has 0 aliphatic heterocycles. The van der Waals surface area contributed by atoms with Crippen molar-refractivity contribution in [2.24, 2.45) is 0 Å². The number of thiophene rings is 1. The molecule has 0 saturated carbocycles. The topological polar surface area (TPSA) is 17.3 Å². The Hall–Kier alpha value is -9.93. The molecule has 0 N–H and O–H groups in total. The fourth-order valence-corrected chi connectivity index (χ4v) is 14.9. The van der Waals surface area contributed by atoms with Gasteiger partial charge in [-0.15, -0.1) is 11.3 Å². The van der Waals surface area contributed by atoms with Gasteiger partial charge in [-0.3, -0.25) is 4.40 Å². The predicted molar refractivity (Wildman–Crippen MR) is 335 cm³/mol. The molecule has 16 aromatic rings. The Morgan fingerprint density at radius 2 is 0.848 bits per heavy atom. The monoisotopic (exact) mass is 1020 g/mol. The molecule has 0 unspecified atom stereocenters. The first-order chi connectivity index (χ1) is 39.2. The lowest BCUT2D eigenvalue weighted by atomic mass is 9.67. The maximum atomic E-state index is 5.60. The fourth-order valence-electron chi connectivity index (χ4n) is 13.7. The molecule has 79 heavy (non-hydrogen) atoms. The van der Waals surface area contributed by atoms with Crippen molar-refractivity contribution in [3.05, 3.63) is 301 Å². The molecule has 1 aliphatic carbocycles. The summed E-state index contributed by atoms with van der Waals surface area (Å²) in [6, 6.07) is 104. The summed E-state index contributed by atoms with van der Waals surface area (Å²) < 4.78 is 4.90. The van der Waals surface area contributed by atoms with Crippen LogP contribution in [-0.4, -0.2) is 9.38 Å². The van der Waals surface area contributed by atoms with Gasteiger partial charge in [-0.1, -0.05) is 243 Å². The van der Waals surface area contributed by atoms with Crippen LogP contribution in [0.25, 0.3) is 136 Å². The second-order valence-corrected chi connectivity index (χ2v) is 22.4. The van der Waals surface area contributed by atoms with Crippen LogP contribution in [-0.2, 0) is 5.41 Å². The quantitative estimate of drug-likeness (QED) is 0.152. The van der Waals surface area contributed by atoms with E-state index in [0.717, 1.165) is 27.9 Å². The summed E-state index contributed by atoms with van der Waals surface area (Å²) in [6.07, 6.45) is 0. The highest BCUT2D eigenvalue weighted by Crippen LogP contribution is 2.58. The summed E-state index contributed by atoms with van der Waals surface area (Å²) in [7, 11) is 0. The van der Waals surface area contributed by atoms with Gasteiger partial charge in [0.2, 0.25) is 0 Å². The summed E-state index contributed by atoms with van der Waals surface area (Å²) in [5, 5.41) is 12.3. The highest BCUT2D eigenvalue weighted by molar-refractivity contribution is 7.26. The maximum absolute atomic E-state index is 5.60. The molecule has 0 fully saturated rings. The van der Waals surface area contributed by atoms with Crippen molar-refractivity contribution < 1.29 is 0 Å². The van der Waals surface area contributed by atoms with Crippen LogP contribution in [0.4, 0.5) is 0 Å². The third kappa shape index (κ3) is 6.48. The van der Waals surface area contributed by atoms with Crippen LogP contribution in [0.15, 0.2) is 279 Å². The Balaban J connectivity index is 0.770. The second kappa shape index (κ2) is 17.0. The number of benzene rings is 13. The van der Waals surface area contributed by atoms with Crippen LogP contribution in [0.5, 0.6) is 0 Å². The third-order valence-electron chi connectivity index (χ3n) is 17.2. The lowest BCUT2D eigenvalue weighted by Gasteiger charge is -2.34. The molecule has 0 amide bonds. The lowest BCUT2D eigenvalue weighted by molar-refractivity contribution is 0.768. The zero-order valence-electron chi connectivity index (χ0n) is 42.9. The maximum Gasteiger partial charge on any atom is 0.156 e. The molecule has 13 aromatic carbocycles. The summed E-state index contributed by atoms with van der Waals surface area (Å²) in [5.41, 5.74) is 20.0. The van der Waals surface area contributed by atoms with Gasteiger partial charge < -0.3 is 0 Å². The minimum atomic E-state index is -0.442. The van der Waals surface area contributed by atoms with Crippen molar-refractivity contribution in [3.63, 3.8) is 0 Å². The van der Waals surface area contributed by atoms with Gasteiger partial charge in [0.1, 0.15) is 0 Å². The van der Waals surface area contributed by atoms with E-state index in [1.807, 2.05) is 11.3 Å². The zero-order valence-corrected chi connectivity index (χ0v) is 43.7. The molecule has 0 atom stereocenters. The van der Waals surface area contributed by atoms with Crippen LogP contribution < -0.4 is 0 Å². The largest absolute Gasteiger partial charge is 0.291 e. The van der Waals surface area contributed by atoms with Crippen LogP contribution in [0.1, 0.15) is 22.3 Å². The number of hydrogen-bond donors (Lipinski definition) is 0. The molecule has 3 aromatic heterocycles. The average molecular weight is 1020 g/mol. The molecule has 0 radical (unpaired) electrons. The Morgan fingerprint density at radius 3 is 1.51 bits per heavy atom. The van der Waals surface area contributed by atoms with Crippen molar-refractivity contribution in [3.8, 4) is 55.8 Å². The van der Waals surface area contributed by atoms with E-state index in [-0.39, 0.29) is 0 Å². The van der Waals surface area contributed by atoms with Crippen molar-refractivity contribution in [2.75, 3.05) is 0 Å². The van der Waals surface area contributed by atoms with Crippen LogP contribution in [0, 0.1) is 0 Å². The predicted octanol–water partition coefficient (Wildman–Crippen LogP) is 20.5. The fraction of sp³-hybridized carbons (Fsp3) is 0.0132. The first-order valence-electron chi connectivity index (χ1n) is 27.3. The molecule has 3 heterocycles. The summed E-state index contributed by atoms with van der Waals surface area (Å²) in [5.74, 6) is 0. The minimum Gasteiger partial charge on any atom is -0.291 e. The minimum absolute atomic E-state index is 0.442. The molecule has 1 aliphatic rings. The van der Waals surface area contributed by atoms with Gasteiger partial charge in [-0.25, -0.2) is 4.98 Å². The SMILES string of the molecule is c1ccc(C2(c3ccccc3)c3ccccc3-c3c(-c4ccc(-c5ccc(-c6ccc(-c7cc8c9cc%10ccccc%10cc9sc8c8nc9c%10cc%11ccccc%11cc%10ccc9n78)cc6)c6ccccc56)cc4)cccc32)cc1. The van der Waals surface area contributed by atoms with E-state index in [4.69, 9.17) is 4.98 Å². The van der Waals surface area contributed by atoms with Gasteiger partial charge in [-0.05, 0) is 146 Å². The molecular weight excluding hydrogens is 973 g/mol. The number of fused-ring (bicyclic) bond motifs is 15. The average Bonchev–Trinajstić information content (AvgIpc) is 4.21. The van der Waals surface area contributed by atoms with E-state index in [0.29, 0.717) is 0 Å². The highest BCUT2D eigenvalue weighted by Gasteiger charge is 2.46. The number of imidazole rings is 1. The Bertz CT molecular complexity index is 5130. The van der Waals surface area contributed by atoms with Gasteiger partial charge in [0.25, 0.3) is 0 Å². The van der Waals surface area contributed by atoms with Crippen molar-refractivity contribution >= 4 is 91.3 Å². The number of hydrogen-bond acceptors (Lipinski definition) is 2. The van der Waals surface area contributed by atoms with Gasteiger partial charge in [0.05, 0.1) is 26.8 Å². The van der Waals surface area contributed by atoms with Gasteiger partial charge in [0.15, 0.2) is 5.65 Å². The Morgan fingerprint density at radius 1 is 0.329 bits per heavy atom. The van der Waals surface area contributed by atoms with Crippen molar-refractivity contribution in [1.29, 1.82) is 0 Å². The molecule has 0 spiro atoms. The van der Waals surface area contributed by atoms with Gasteiger partial charge in [0, 0.05) is 20.9 Å². The van der Waals surface area contributed by atoms with E-state index in [1.54, 1.807) is 0 Å². The third-order valence-corrected chi connectivity index (χ3v) is 18.4. The number of pyridine rings is 1. The Kier molecular flexibility index (Phi) is 9.54. The Labute approximate surface area is 460 Å². The van der Waals surface area contributed by atoms with Gasteiger partial charge >= 0.3 is 0 Å². The summed E-state index contributed by atoms with van der Waals surface area (Å²) in [6.45, 7) is 0. The molecular formula is C76H46N2S. The first kappa shape index (κ1) is 44.2. The standard InChI is InChI=1S/C76H46N2S/c1-3-20-56(21-4-1)76(57-22-5-2-6-23-57)67-28-14-13-26-63(67)72-60(27-15-29-68(72)76)49-32-30-47(31-33-49)58-39-40-59(62-25-12-11-24-61(58)62)48-34-36-50(37-35-48)70-46-66-65-44-53-18-9-10-19-54(53)45-71(65)79-74(66)75-77-73-64-43-52-17-8-7-16-51(52)42-55(64)38-41-69(73)78(70)75/h1-46H. The molecule has 17 rings (SSSR count). The normalized spacial score (nSPS) is 12.9. The van der Waals surface area contributed by atoms with Gasteiger partial charge in [-0.2, -0.15) is 0 Å². The van der Waals surface area contributed by atoms with Crippen molar-refractivity contribution in [1.82, 2.24) is 9.38 Å². The molecule has 366 valence electrons. The van der Waals surface area contributed by atoms with E-state index < -0.39 is 5.41 Å². The van der Waals surface area contributed by atoms with Crippen LogP contribution in [0.3, 0.4) is 0 Å². The van der Waals surface area contributed by atoms with E-state index in [2.05, 4.69) is 283 Å². The molecule has 0 saturated heterocycles. The zero-order chi connectivity index (χ0) is 51.8. The van der Waals surface area contributed by atoms with Crippen LogP contribution in [0.2, 0.25) is 0 Å².